The molecule has 0 bridgehead atoms. The van der Waals surface area contributed by atoms with Crippen molar-refractivity contribution in [2.75, 3.05) is 25.5 Å². The van der Waals surface area contributed by atoms with Gasteiger partial charge in [0.25, 0.3) is 0 Å². The van der Waals surface area contributed by atoms with E-state index in [1.165, 1.54) is 25.9 Å². The van der Waals surface area contributed by atoms with Crippen LogP contribution in [0.4, 0.5) is 0 Å². The van der Waals surface area contributed by atoms with Gasteiger partial charge in [-0.05, 0) is 31.8 Å². The second-order valence-electron chi connectivity index (χ2n) is 3.21. The minimum atomic E-state index is 0.786. The van der Waals surface area contributed by atoms with E-state index < -0.39 is 0 Å². The molecule has 0 radical (unpaired) electrons. The molecule has 0 spiro atoms. The molecule has 0 aliphatic carbocycles. The Labute approximate surface area is 68.4 Å². The normalized spacial score (nSPS) is 23.4. The fourth-order valence-corrected chi connectivity index (χ4v) is 1.64. The first kappa shape index (κ1) is 8.35. The molecule has 10 heavy (non-hydrogen) atoms. The number of alkyl halides is 1. The highest BCUT2D eigenvalue weighted by Gasteiger charge is 2.13. The second kappa shape index (κ2) is 4.20. The molecule has 1 nitrogen and oxygen atoms in total. The number of rotatable bonds is 2. The van der Waals surface area contributed by atoms with Gasteiger partial charge >= 0.3 is 0 Å². The first-order valence-corrected chi connectivity index (χ1v) is 4.64. The Bertz CT molecular complexity index is 87.3. The predicted molar refractivity (Wildman–Crippen MR) is 45.6 cm³/mol. The summed E-state index contributed by atoms with van der Waals surface area (Å²) in [6.07, 6.45) is 2.72. The van der Waals surface area contributed by atoms with E-state index in [1.807, 2.05) is 0 Å². The molecule has 60 valence electrons. The lowest BCUT2D eigenvalue weighted by molar-refractivity contribution is 0.202. The summed E-state index contributed by atoms with van der Waals surface area (Å²) < 4.78 is 0. The highest BCUT2D eigenvalue weighted by molar-refractivity contribution is 6.18. The van der Waals surface area contributed by atoms with Gasteiger partial charge in [-0.3, -0.25) is 0 Å². The maximum Gasteiger partial charge on any atom is 0.0351 e. The molecule has 0 aromatic heterocycles. The number of piperidine rings is 1. The Morgan fingerprint density at radius 2 is 2.00 bits per heavy atom. The van der Waals surface area contributed by atoms with Gasteiger partial charge in [0.05, 0.1) is 0 Å². The summed E-state index contributed by atoms with van der Waals surface area (Å²) in [5, 5.41) is 0. The fourth-order valence-electron chi connectivity index (χ4n) is 1.41. The first-order chi connectivity index (χ1) is 4.83. The minimum Gasteiger partial charge on any atom is -0.302 e. The van der Waals surface area contributed by atoms with Crippen molar-refractivity contribution < 1.29 is 0 Å². The number of hydrogen-bond donors (Lipinski definition) is 0. The van der Waals surface area contributed by atoms with Crippen molar-refractivity contribution in [3.63, 3.8) is 0 Å². The zero-order valence-corrected chi connectivity index (χ0v) is 7.40. The molecule has 1 aliphatic heterocycles. The van der Waals surface area contributed by atoms with Gasteiger partial charge in [-0.15, -0.1) is 11.6 Å². The third-order valence-corrected chi connectivity index (χ3v) is 2.45. The zero-order chi connectivity index (χ0) is 7.40. The van der Waals surface area contributed by atoms with E-state index in [0.29, 0.717) is 0 Å². The van der Waals surface area contributed by atoms with E-state index in [2.05, 4.69) is 11.8 Å². The highest BCUT2D eigenvalue weighted by Crippen LogP contribution is 2.15. The predicted octanol–water partition coefficient (Wildman–Crippen LogP) is 1.96. The maximum absolute atomic E-state index is 5.63. The van der Waals surface area contributed by atoms with E-state index in [9.17, 15) is 0 Å². The Hall–Kier alpha value is 0.250. The molecule has 0 N–H and O–H groups in total. The van der Waals surface area contributed by atoms with E-state index in [-0.39, 0.29) is 0 Å². The van der Waals surface area contributed by atoms with Crippen LogP contribution < -0.4 is 0 Å². The molecular weight excluding hydrogens is 146 g/mol. The van der Waals surface area contributed by atoms with E-state index in [1.54, 1.807) is 0 Å². The molecule has 1 heterocycles. The van der Waals surface area contributed by atoms with Crippen molar-refractivity contribution >= 4 is 11.6 Å². The monoisotopic (exact) mass is 161 g/mol. The molecule has 0 atom stereocenters. The van der Waals surface area contributed by atoms with Gasteiger partial charge in [-0.1, -0.05) is 6.92 Å². The Morgan fingerprint density at radius 1 is 1.40 bits per heavy atom. The summed E-state index contributed by atoms with van der Waals surface area (Å²) in [5.74, 6) is 1.72. The second-order valence-corrected chi connectivity index (χ2v) is 3.59. The Kier molecular flexibility index (Phi) is 3.50. The molecule has 0 aromatic rings. The van der Waals surface area contributed by atoms with Crippen LogP contribution in [-0.4, -0.2) is 30.4 Å². The third kappa shape index (κ3) is 2.47. The van der Waals surface area contributed by atoms with Gasteiger partial charge < -0.3 is 4.90 Å². The van der Waals surface area contributed by atoms with Crippen LogP contribution in [0.3, 0.4) is 0 Å². The van der Waals surface area contributed by atoms with E-state index >= 15 is 0 Å². The van der Waals surface area contributed by atoms with Gasteiger partial charge in [0.15, 0.2) is 0 Å². The average Bonchev–Trinajstić information content (AvgIpc) is 1.95. The largest absolute Gasteiger partial charge is 0.302 e. The van der Waals surface area contributed by atoms with Crippen LogP contribution in [-0.2, 0) is 0 Å². The maximum atomic E-state index is 5.63. The van der Waals surface area contributed by atoms with Gasteiger partial charge in [0.1, 0.15) is 0 Å². The summed E-state index contributed by atoms with van der Waals surface area (Å²) in [6.45, 7) is 5.92. The summed E-state index contributed by atoms with van der Waals surface area (Å²) >= 11 is 5.63. The lowest BCUT2D eigenvalue weighted by Gasteiger charge is -2.29. The Morgan fingerprint density at radius 3 is 2.50 bits per heavy atom. The average molecular weight is 162 g/mol. The molecule has 0 amide bonds. The molecule has 1 aliphatic rings. The molecule has 1 saturated heterocycles. The van der Waals surface area contributed by atoms with Crippen molar-refractivity contribution in [2.24, 2.45) is 5.92 Å². The first-order valence-electron chi connectivity index (χ1n) is 4.11. The van der Waals surface area contributed by atoms with Crippen molar-refractivity contribution in [1.29, 1.82) is 0 Å². The summed E-state index contributed by atoms with van der Waals surface area (Å²) in [4.78, 5) is 2.45. The number of halogens is 1. The summed E-state index contributed by atoms with van der Waals surface area (Å²) in [7, 11) is 0. The number of likely N-dealkylation sites (tertiary alicyclic amines) is 1. The standard InChI is InChI=1S/C8H16ClN/c1-8-2-5-10(6-3-8)7-4-9/h8H,2-7H2,1H3. The van der Waals surface area contributed by atoms with Gasteiger partial charge in [0.2, 0.25) is 0 Å². The smallest absolute Gasteiger partial charge is 0.0351 e. The molecule has 1 rings (SSSR count). The van der Waals surface area contributed by atoms with E-state index in [4.69, 9.17) is 11.6 Å². The zero-order valence-electron chi connectivity index (χ0n) is 6.65. The van der Waals surface area contributed by atoms with Gasteiger partial charge in [-0.2, -0.15) is 0 Å². The fraction of sp³-hybridized carbons (Fsp3) is 1.00. The van der Waals surface area contributed by atoms with E-state index in [0.717, 1.165) is 18.3 Å². The van der Waals surface area contributed by atoms with Crippen molar-refractivity contribution in [2.45, 2.75) is 19.8 Å². The van der Waals surface area contributed by atoms with Crippen LogP contribution >= 0.6 is 11.6 Å². The quantitative estimate of drug-likeness (QED) is 0.560. The minimum absolute atomic E-state index is 0.786. The van der Waals surface area contributed by atoms with Crippen LogP contribution in [0.1, 0.15) is 19.8 Å². The van der Waals surface area contributed by atoms with Crippen LogP contribution in [0.25, 0.3) is 0 Å². The lowest BCUT2D eigenvalue weighted by atomic mass is 9.99. The lowest BCUT2D eigenvalue weighted by Crippen LogP contribution is -2.34. The van der Waals surface area contributed by atoms with Gasteiger partial charge in [-0.25, -0.2) is 0 Å². The van der Waals surface area contributed by atoms with Crippen LogP contribution in [0.5, 0.6) is 0 Å². The molecule has 1 fully saturated rings. The molecule has 0 unspecified atom stereocenters. The van der Waals surface area contributed by atoms with Crippen LogP contribution in [0.15, 0.2) is 0 Å². The van der Waals surface area contributed by atoms with Crippen LogP contribution in [0, 0.1) is 5.92 Å². The topological polar surface area (TPSA) is 3.24 Å². The molecular formula is C8H16ClN. The SMILES string of the molecule is CC1CCN(CCCl)CC1. The summed E-state index contributed by atoms with van der Waals surface area (Å²) in [5.41, 5.74) is 0. The number of hydrogen-bond acceptors (Lipinski definition) is 1. The third-order valence-electron chi connectivity index (χ3n) is 2.28. The van der Waals surface area contributed by atoms with Crippen molar-refractivity contribution in [3.05, 3.63) is 0 Å². The van der Waals surface area contributed by atoms with Crippen LogP contribution in [0.2, 0.25) is 0 Å². The highest BCUT2D eigenvalue weighted by atomic mass is 35.5. The molecule has 2 heteroatoms. The Balaban J connectivity index is 2.13. The summed E-state index contributed by atoms with van der Waals surface area (Å²) in [6, 6.07) is 0. The van der Waals surface area contributed by atoms with Crippen molar-refractivity contribution in [3.8, 4) is 0 Å². The molecule has 0 saturated carbocycles. The van der Waals surface area contributed by atoms with Crippen molar-refractivity contribution in [1.82, 2.24) is 4.90 Å². The molecule has 0 aromatic carbocycles. The number of nitrogens with zero attached hydrogens (tertiary/aromatic N) is 1. The van der Waals surface area contributed by atoms with Gasteiger partial charge in [0, 0.05) is 12.4 Å².